The van der Waals surface area contributed by atoms with Gasteiger partial charge in [-0.3, -0.25) is 0 Å². The molecule has 0 spiro atoms. The van der Waals surface area contributed by atoms with Crippen LogP contribution in [0.3, 0.4) is 0 Å². The first-order valence-electron chi connectivity index (χ1n) is 8.61. The third-order valence-electron chi connectivity index (χ3n) is 4.88. The fourth-order valence-electron chi connectivity index (χ4n) is 3.20. The van der Waals surface area contributed by atoms with E-state index in [1.54, 1.807) is 12.4 Å². The van der Waals surface area contributed by atoms with Gasteiger partial charge >= 0.3 is 0 Å². The maximum Gasteiger partial charge on any atom is 0.230 e. The molecule has 1 aliphatic carbocycles. The lowest BCUT2D eigenvalue weighted by Crippen LogP contribution is -2.31. The second-order valence-corrected chi connectivity index (χ2v) is 6.90. The highest BCUT2D eigenvalue weighted by molar-refractivity contribution is 5.48. The van der Waals surface area contributed by atoms with E-state index in [4.69, 9.17) is 4.52 Å². The molecule has 130 valence electrons. The number of nitrogens with zero attached hydrogens (tertiary/aromatic N) is 4. The van der Waals surface area contributed by atoms with Crippen molar-refractivity contribution in [3.63, 3.8) is 0 Å². The third-order valence-corrected chi connectivity index (χ3v) is 4.88. The van der Waals surface area contributed by atoms with Crippen LogP contribution in [0, 0.1) is 5.92 Å². The number of anilines is 1. The van der Waals surface area contributed by atoms with Crippen molar-refractivity contribution in [2.75, 3.05) is 11.9 Å². The van der Waals surface area contributed by atoms with Crippen LogP contribution in [0.5, 0.6) is 0 Å². The molecule has 24 heavy (non-hydrogen) atoms. The van der Waals surface area contributed by atoms with Crippen molar-refractivity contribution in [2.24, 2.45) is 5.92 Å². The molecule has 1 unspecified atom stereocenters. The minimum atomic E-state index is -0.528. The topological polar surface area (TPSA) is 97.0 Å². The molecule has 1 saturated carbocycles. The van der Waals surface area contributed by atoms with Gasteiger partial charge in [-0.1, -0.05) is 12.1 Å². The van der Waals surface area contributed by atoms with Gasteiger partial charge in [0.2, 0.25) is 11.7 Å². The van der Waals surface area contributed by atoms with E-state index in [1.165, 1.54) is 0 Å². The van der Waals surface area contributed by atoms with Crippen LogP contribution in [0.25, 0.3) is 11.5 Å². The number of aliphatic hydroxyl groups is 1. The second kappa shape index (κ2) is 6.84. The molecule has 1 fully saturated rings. The molecule has 0 aliphatic heterocycles. The molecule has 2 heterocycles. The SMILES string of the molecule is CCNc1cnc(-c2noc(C(C)C3CCC(C)(O)CC3)n2)cn1. The molecule has 0 aromatic carbocycles. The largest absolute Gasteiger partial charge is 0.390 e. The predicted octanol–water partition coefficient (Wildman–Crippen LogP) is 3.00. The highest BCUT2D eigenvalue weighted by Gasteiger charge is 2.33. The lowest BCUT2D eigenvalue weighted by Gasteiger charge is -2.34. The minimum absolute atomic E-state index is 0.177. The van der Waals surface area contributed by atoms with E-state index < -0.39 is 5.60 Å². The molecule has 2 N–H and O–H groups in total. The Kier molecular flexibility index (Phi) is 4.80. The zero-order chi connectivity index (χ0) is 17.2. The first-order valence-corrected chi connectivity index (χ1v) is 8.61. The lowest BCUT2D eigenvalue weighted by atomic mass is 9.75. The Hall–Kier alpha value is -2.02. The average Bonchev–Trinajstić information content (AvgIpc) is 3.05. The Balaban J connectivity index is 1.68. The fourth-order valence-corrected chi connectivity index (χ4v) is 3.20. The van der Waals surface area contributed by atoms with Crippen LogP contribution < -0.4 is 5.32 Å². The molecule has 0 amide bonds. The Morgan fingerprint density at radius 1 is 1.33 bits per heavy atom. The van der Waals surface area contributed by atoms with Crippen LogP contribution in [0.1, 0.15) is 58.3 Å². The van der Waals surface area contributed by atoms with Crippen molar-refractivity contribution in [1.29, 1.82) is 0 Å². The average molecular weight is 331 g/mol. The van der Waals surface area contributed by atoms with Gasteiger partial charge in [0, 0.05) is 12.5 Å². The van der Waals surface area contributed by atoms with Crippen molar-refractivity contribution in [3.8, 4) is 11.5 Å². The summed E-state index contributed by atoms with van der Waals surface area (Å²) in [4.78, 5) is 13.1. The zero-order valence-electron chi connectivity index (χ0n) is 14.5. The number of hydrogen-bond acceptors (Lipinski definition) is 7. The number of rotatable bonds is 5. The van der Waals surface area contributed by atoms with Crippen LogP contribution >= 0.6 is 0 Å². The van der Waals surface area contributed by atoms with Gasteiger partial charge in [-0.15, -0.1) is 0 Å². The summed E-state index contributed by atoms with van der Waals surface area (Å²) in [6.07, 6.45) is 6.91. The van der Waals surface area contributed by atoms with Gasteiger partial charge in [0.05, 0.1) is 18.0 Å². The molecule has 1 aliphatic rings. The summed E-state index contributed by atoms with van der Waals surface area (Å²) >= 11 is 0. The molecular weight excluding hydrogens is 306 g/mol. The maximum atomic E-state index is 10.1. The maximum absolute atomic E-state index is 10.1. The van der Waals surface area contributed by atoms with E-state index in [2.05, 4.69) is 32.3 Å². The fraction of sp³-hybridized carbons (Fsp3) is 0.647. The highest BCUT2D eigenvalue weighted by atomic mass is 16.5. The van der Waals surface area contributed by atoms with Gasteiger partial charge in [-0.2, -0.15) is 4.98 Å². The second-order valence-electron chi connectivity index (χ2n) is 6.90. The van der Waals surface area contributed by atoms with E-state index in [-0.39, 0.29) is 5.92 Å². The quantitative estimate of drug-likeness (QED) is 0.869. The monoisotopic (exact) mass is 331 g/mol. The Morgan fingerprint density at radius 3 is 2.71 bits per heavy atom. The molecule has 2 aromatic rings. The van der Waals surface area contributed by atoms with Crippen molar-refractivity contribution in [1.82, 2.24) is 20.1 Å². The molecule has 1 atom stereocenters. The summed E-state index contributed by atoms with van der Waals surface area (Å²) in [7, 11) is 0. The molecule has 0 saturated heterocycles. The molecule has 3 rings (SSSR count). The summed E-state index contributed by atoms with van der Waals surface area (Å²) in [6.45, 7) is 6.83. The van der Waals surface area contributed by atoms with E-state index in [0.717, 1.165) is 38.0 Å². The Labute approximate surface area is 141 Å². The number of nitrogens with one attached hydrogen (secondary N) is 1. The summed E-state index contributed by atoms with van der Waals surface area (Å²) in [6, 6.07) is 0. The third kappa shape index (κ3) is 3.72. The molecular formula is C17H25N5O2. The van der Waals surface area contributed by atoms with Gasteiger partial charge in [-0.25, -0.2) is 9.97 Å². The number of hydrogen-bond donors (Lipinski definition) is 2. The molecule has 0 radical (unpaired) electrons. The normalized spacial score (nSPS) is 25.4. The van der Waals surface area contributed by atoms with E-state index in [9.17, 15) is 5.11 Å². The molecule has 2 aromatic heterocycles. The van der Waals surface area contributed by atoms with Gasteiger partial charge in [0.15, 0.2) is 0 Å². The standard InChI is InChI=1S/C17H25N5O2/c1-4-18-14-10-19-13(9-20-14)15-21-16(24-22-15)11(2)12-5-7-17(3,23)8-6-12/h9-12,23H,4-8H2,1-3H3,(H,18,20). The highest BCUT2D eigenvalue weighted by Crippen LogP contribution is 2.39. The van der Waals surface area contributed by atoms with Gasteiger partial charge < -0.3 is 14.9 Å². The van der Waals surface area contributed by atoms with Crippen LogP contribution in [0.15, 0.2) is 16.9 Å². The lowest BCUT2D eigenvalue weighted by molar-refractivity contribution is 0.00358. The molecule has 7 heteroatoms. The van der Waals surface area contributed by atoms with Crippen LogP contribution in [-0.4, -0.2) is 37.4 Å². The van der Waals surface area contributed by atoms with Crippen LogP contribution in [0.2, 0.25) is 0 Å². The summed E-state index contributed by atoms with van der Waals surface area (Å²) < 4.78 is 5.46. The van der Waals surface area contributed by atoms with E-state index in [0.29, 0.717) is 23.3 Å². The number of aromatic nitrogens is 4. The van der Waals surface area contributed by atoms with Gasteiger partial charge in [0.25, 0.3) is 0 Å². The van der Waals surface area contributed by atoms with Gasteiger partial charge in [-0.05, 0) is 45.4 Å². The molecule has 7 nitrogen and oxygen atoms in total. The zero-order valence-corrected chi connectivity index (χ0v) is 14.5. The Bertz CT molecular complexity index is 658. The van der Waals surface area contributed by atoms with Crippen molar-refractivity contribution in [3.05, 3.63) is 18.3 Å². The van der Waals surface area contributed by atoms with Crippen molar-refractivity contribution < 1.29 is 9.63 Å². The van der Waals surface area contributed by atoms with E-state index in [1.807, 2.05) is 13.8 Å². The summed E-state index contributed by atoms with van der Waals surface area (Å²) in [5.74, 6) is 2.47. The molecule has 0 bridgehead atoms. The van der Waals surface area contributed by atoms with Gasteiger partial charge in [0.1, 0.15) is 11.5 Å². The van der Waals surface area contributed by atoms with Crippen LogP contribution in [-0.2, 0) is 0 Å². The summed E-state index contributed by atoms with van der Waals surface area (Å²) in [5, 5.41) is 17.2. The Morgan fingerprint density at radius 2 is 2.08 bits per heavy atom. The summed E-state index contributed by atoms with van der Waals surface area (Å²) in [5.41, 5.74) is 0.0746. The first-order chi connectivity index (χ1) is 11.5. The predicted molar refractivity (Wildman–Crippen MR) is 90.5 cm³/mol. The van der Waals surface area contributed by atoms with Crippen LogP contribution in [0.4, 0.5) is 5.82 Å². The van der Waals surface area contributed by atoms with Crippen molar-refractivity contribution in [2.45, 2.75) is 58.0 Å². The van der Waals surface area contributed by atoms with Crippen molar-refractivity contribution >= 4 is 5.82 Å². The first kappa shape index (κ1) is 16.8. The smallest absolute Gasteiger partial charge is 0.230 e. The van der Waals surface area contributed by atoms with E-state index >= 15 is 0 Å². The minimum Gasteiger partial charge on any atom is -0.390 e.